The predicted octanol–water partition coefficient (Wildman–Crippen LogP) is 4.05. The van der Waals surface area contributed by atoms with Crippen LogP contribution in [0.5, 0.6) is 0 Å². The number of hydrogen-bond acceptors (Lipinski definition) is 2. The molecule has 136 valence electrons. The Kier molecular flexibility index (Phi) is 7.23. The minimum atomic E-state index is -0.0385. The third-order valence-corrected chi connectivity index (χ3v) is 4.90. The van der Waals surface area contributed by atoms with Crippen molar-refractivity contribution in [2.24, 2.45) is 0 Å². The van der Waals surface area contributed by atoms with E-state index in [0.717, 1.165) is 17.7 Å². The predicted molar refractivity (Wildman–Crippen MR) is 103 cm³/mol. The molecule has 1 aromatic carbocycles. The molecule has 4 nitrogen and oxygen atoms in total. The van der Waals surface area contributed by atoms with E-state index in [9.17, 15) is 9.59 Å². The summed E-state index contributed by atoms with van der Waals surface area (Å²) >= 11 is 0. The number of benzene rings is 1. The Hall–Kier alpha value is -2.10. The van der Waals surface area contributed by atoms with E-state index in [1.165, 1.54) is 36.8 Å². The SMILES string of the molecule is CC(=O)N(CCC(=O)NCCC1=CCCCC1)c1ccc(C)c(C)c1. The number of anilines is 1. The molecule has 1 aromatic rings. The van der Waals surface area contributed by atoms with Crippen molar-refractivity contribution in [1.29, 1.82) is 0 Å². The molecule has 2 amide bonds. The fraction of sp³-hybridized carbons (Fsp3) is 0.524. The number of allylic oxidation sites excluding steroid dienone is 1. The maximum absolute atomic E-state index is 12.1. The first-order chi connectivity index (χ1) is 12.0. The molecule has 0 saturated carbocycles. The largest absolute Gasteiger partial charge is 0.356 e. The molecule has 0 heterocycles. The smallest absolute Gasteiger partial charge is 0.223 e. The van der Waals surface area contributed by atoms with E-state index in [0.29, 0.717) is 19.5 Å². The molecule has 25 heavy (non-hydrogen) atoms. The standard InChI is InChI=1S/C21H30N2O2/c1-16-9-10-20(15-17(16)2)23(18(3)24)14-12-21(25)22-13-11-19-7-5-4-6-8-19/h7,9-10,15H,4-6,8,11-14H2,1-3H3,(H,22,25). The highest BCUT2D eigenvalue weighted by molar-refractivity contribution is 5.92. The number of carbonyl (C=O) groups excluding carboxylic acids is 2. The van der Waals surface area contributed by atoms with Crippen molar-refractivity contribution in [3.63, 3.8) is 0 Å². The highest BCUT2D eigenvalue weighted by Crippen LogP contribution is 2.20. The van der Waals surface area contributed by atoms with Crippen LogP contribution in [0, 0.1) is 13.8 Å². The van der Waals surface area contributed by atoms with Crippen molar-refractivity contribution in [3.8, 4) is 0 Å². The summed E-state index contributed by atoms with van der Waals surface area (Å²) in [6.07, 6.45) is 8.48. The first-order valence-corrected chi connectivity index (χ1v) is 9.27. The van der Waals surface area contributed by atoms with Gasteiger partial charge in [0.05, 0.1) is 0 Å². The van der Waals surface area contributed by atoms with Gasteiger partial charge in [-0.25, -0.2) is 0 Å². The number of carbonyl (C=O) groups is 2. The number of nitrogens with one attached hydrogen (secondary N) is 1. The van der Waals surface area contributed by atoms with Crippen LogP contribution in [0.25, 0.3) is 0 Å². The zero-order valence-corrected chi connectivity index (χ0v) is 15.7. The van der Waals surface area contributed by atoms with Gasteiger partial charge < -0.3 is 10.2 Å². The average Bonchev–Trinajstić information content (AvgIpc) is 2.59. The topological polar surface area (TPSA) is 49.4 Å². The molecule has 0 bridgehead atoms. The molecule has 4 heteroatoms. The van der Waals surface area contributed by atoms with Crippen molar-refractivity contribution in [1.82, 2.24) is 5.32 Å². The van der Waals surface area contributed by atoms with E-state index >= 15 is 0 Å². The lowest BCUT2D eigenvalue weighted by Crippen LogP contribution is -2.34. The van der Waals surface area contributed by atoms with Crippen LogP contribution in [-0.4, -0.2) is 24.9 Å². The van der Waals surface area contributed by atoms with E-state index in [4.69, 9.17) is 0 Å². The van der Waals surface area contributed by atoms with Crippen LogP contribution in [0.2, 0.25) is 0 Å². The number of nitrogens with zero attached hydrogens (tertiary/aromatic N) is 1. The van der Waals surface area contributed by atoms with Gasteiger partial charge in [-0.15, -0.1) is 0 Å². The number of rotatable bonds is 7. The summed E-state index contributed by atoms with van der Waals surface area (Å²) in [6.45, 7) is 6.72. The third-order valence-electron chi connectivity index (χ3n) is 4.90. The lowest BCUT2D eigenvalue weighted by molar-refractivity contribution is -0.121. The van der Waals surface area contributed by atoms with Gasteiger partial charge in [0.15, 0.2) is 0 Å². The molecule has 0 atom stereocenters. The molecule has 2 rings (SSSR count). The van der Waals surface area contributed by atoms with E-state index in [1.807, 2.05) is 32.0 Å². The number of amides is 2. The zero-order valence-electron chi connectivity index (χ0n) is 15.7. The summed E-state index contributed by atoms with van der Waals surface area (Å²) in [6, 6.07) is 5.96. The van der Waals surface area contributed by atoms with E-state index in [1.54, 1.807) is 11.8 Å². The zero-order chi connectivity index (χ0) is 18.2. The Morgan fingerprint density at radius 3 is 2.60 bits per heavy atom. The first kappa shape index (κ1) is 19.2. The highest BCUT2D eigenvalue weighted by Gasteiger charge is 2.14. The summed E-state index contributed by atoms with van der Waals surface area (Å²) < 4.78 is 0. The summed E-state index contributed by atoms with van der Waals surface area (Å²) in [5, 5.41) is 2.98. The normalized spacial score (nSPS) is 14.0. The molecule has 1 aliphatic carbocycles. The maximum Gasteiger partial charge on any atom is 0.223 e. The van der Waals surface area contributed by atoms with Crippen LogP contribution in [0.1, 0.15) is 56.6 Å². The minimum absolute atomic E-state index is 0.00601. The van der Waals surface area contributed by atoms with Crippen LogP contribution in [0.15, 0.2) is 29.8 Å². The summed E-state index contributed by atoms with van der Waals surface area (Å²) in [5.74, 6) is -0.0325. The Morgan fingerprint density at radius 2 is 1.96 bits per heavy atom. The fourth-order valence-electron chi connectivity index (χ4n) is 3.16. The maximum atomic E-state index is 12.1. The molecule has 1 N–H and O–H groups in total. The van der Waals surface area contributed by atoms with Gasteiger partial charge in [0.25, 0.3) is 0 Å². The average molecular weight is 342 g/mol. The second kappa shape index (κ2) is 9.40. The quantitative estimate of drug-likeness (QED) is 0.760. The van der Waals surface area contributed by atoms with Crippen molar-refractivity contribution < 1.29 is 9.59 Å². The van der Waals surface area contributed by atoms with Gasteiger partial charge in [-0.2, -0.15) is 0 Å². The van der Waals surface area contributed by atoms with Crippen LogP contribution < -0.4 is 10.2 Å². The Bertz CT molecular complexity index is 649. The van der Waals surface area contributed by atoms with E-state index in [-0.39, 0.29) is 11.8 Å². The monoisotopic (exact) mass is 342 g/mol. The van der Waals surface area contributed by atoms with Crippen LogP contribution in [0.4, 0.5) is 5.69 Å². The molecule has 0 unspecified atom stereocenters. The Balaban J connectivity index is 1.81. The first-order valence-electron chi connectivity index (χ1n) is 9.27. The lowest BCUT2D eigenvalue weighted by Gasteiger charge is -2.22. The Morgan fingerprint density at radius 1 is 1.16 bits per heavy atom. The summed E-state index contributed by atoms with van der Waals surface area (Å²) in [7, 11) is 0. The molecule has 0 fully saturated rings. The fourth-order valence-corrected chi connectivity index (χ4v) is 3.16. The van der Waals surface area contributed by atoms with E-state index in [2.05, 4.69) is 11.4 Å². The highest BCUT2D eigenvalue weighted by atomic mass is 16.2. The summed E-state index contributed by atoms with van der Waals surface area (Å²) in [4.78, 5) is 25.7. The van der Waals surface area contributed by atoms with Gasteiger partial charge >= 0.3 is 0 Å². The third kappa shape index (κ3) is 6.04. The number of hydrogen-bond donors (Lipinski definition) is 1. The minimum Gasteiger partial charge on any atom is -0.356 e. The lowest BCUT2D eigenvalue weighted by atomic mass is 9.97. The van der Waals surface area contributed by atoms with Crippen molar-refractivity contribution in [2.75, 3.05) is 18.0 Å². The van der Waals surface area contributed by atoms with Gasteiger partial charge in [-0.05, 0) is 69.2 Å². The van der Waals surface area contributed by atoms with Gasteiger partial charge in [0.2, 0.25) is 11.8 Å². The number of aryl methyl sites for hydroxylation is 2. The summed E-state index contributed by atoms with van der Waals surface area (Å²) in [5.41, 5.74) is 4.67. The molecule has 0 radical (unpaired) electrons. The van der Waals surface area contributed by atoms with Crippen LogP contribution in [0.3, 0.4) is 0 Å². The van der Waals surface area contributed by atoms with Crippen molar-refractivity contribution >= 4 is 17.5 Å². The van der Waals surface area contributed by atoms with Gasteiger partial charge in [-0.3, -0.25) is 9.59 Å². The Labute approximate surface area is 151 Å². The second-order valence-electron chi connectivity index (χ2n) is 6.90. The van der Waals surface area contributed by atoms with E-state index < -0.39 is 0 Å². The van der Waals surface area contributed by atoms with Crippen LogP contribution in [-0.2, 0) is 9.59 Å². The van der Waals surface area contributed by atoms with Gasteiger partial charge in [0.1, 0.15) is 0 Å². The molecule has 1 aliphatic rings. The van der Waals surface area contributed by atoms with Crippen LogP contribution >= 0.6 is 0 Å². The molecular weight excluding hydrogens is 312 g/mol. The molecule has 0 aromatic heterocycles. The molecule has 0 aliphatic heterocycles. The van der Waals surface area contributed by atoms with Gasteiger partial charge in [-0.1, -0.05) is 17.7 Å². The second-order valence-corrected chi connectivity index (χ2v) is 6.90. The van der Waals surface area contributed by atoms with Gasteiger partial charge in [0, 0.05) is 32.1 Å². The molecule has 0 spiro atoms. The molecular formula is C21H30N2O2. The van der Waals surface area contributed by atoms with Crippen molar-refractivity contribution in [2.45, 2.75) is 59.3 Å². The van der Waals surface area contributed by atoms with Crippen molar-refractivity contribution in [3.05, 3.63) is 41.0 Å². The molecule has 0 saturated heterocycles.